The number of benzene rings is 1. The van der Waals surface area contributed by atoms with Crippen molar-refractivity contribution < 1.29 is 9.47 Å². The van der Waals surface area contributed by atoms with Crippen molar-refractivity contribution in [2.45, 2.75) is 39.9 Å². The summed E-state index contributed by atoms with van der Waals surface area (Å²) in [4.78, 5) is 0. The van der Waals surface area contributed by atoms with Gasteiger partial charge in [-0.25, -0.2) is 0 Å². The summed E-state index contributed by atoms with van der Waals surface area (Å²) in [6.07, 6.45) is 1.37. The van der Waals surface area contributed by atoms with Crippen molar-refractivity contribution in [2.75, 3.05) is 6.61 Å². The molecule has 110 valence electrons. The van der Waals surface area contributed by atoms with Crippen LogP contribution >= 0.6 is 0 Å². The smallest absolute Gasteiger partial charge is 0.153 e. The zero-order valence-corrected chi connectivity index (χ0v) is 13.1. The van der Waals surface area contributed by atoms with Gasteiger partial charge in [-0.15, -0.1) is 6.58 Å². The Balaban J connectivity index is 3.02. The van der Waals surface area contributed by atoms with Crippen LogP contribution in [0.4, 0.5) is 0 Å². The normalized spacial score (nSPS) is 14.4. The van der Waals surface area contributed by atoms with Crippen LogP contribution in [0.25, 0.3) is 0 Å². The summed E-state index contributed by atoms with van der Waals surface area (Å²) in [5.74, 6) is 0.748. The van der Waals surface area contributed by atoms with Crippen LogP contribution in [0.2, 0.25) is 0 Å². The fourth-order valence-electron chi connectivity index (χ4n) is 1.77. The van der Waals surface area contributed by atoms with Gasteiger partial charge in [-0.2, -0.15) is 0 Å². The van der Waals surface area contributed by atoms with Crippen LogP contribution in [0, 0.1) is 5.41 Å². The van der Waals surface area contributed by atoms with Gasteiger partial charge in [0.2, 0.25) is 0 Å². The average Bonchev–Trinajstić information content (AvgIpc) is 2.42. The van der Waals surface area contributed by atoms with Crippen molar-refractivity contribution in [3.05, 3.63) is 60.9 Å². The largest absolute Gasteiger partial charge is 0.487 e. The highest BCUT2D eigenvalue weighted by molar-refractivity contribution is 5.21. The van der Waals surface area contributed by atoms with Gasteiger partial charge < -0.3 is 9.47 Å². The summed E-state index contributed by atoms with van der Waals surface area (Å²) in [6.45, 7) is 16.8. The number of hydrogen-bond acceptors (Lipinski definition) is 2. The lowest BCUT2D eigenvalue weighted by Gasteiger charge is -2.31. The second kappa shape index (κ2) is 7.30. The monoisotopic (exact) mass is 274 g/mol. The molecule has 0 spiro atoms. The highest BCUT2D eigenvalue weighted by Gasteiger charge is 2.27. The van der Waals surface area contributed by atoms with Crippen LogP contribution in [-0.2, 0) is 9.47 Å². The molecular formula is C18H26O2. The van der Waals surface area contributed by atoms with Gasteiger partial charge in [0.15, 0.2) is 6.10 Å². The Morgan fingerprint density at radius 3 is 2.30 bits per heavy atom. The van der Waals surface area contributed by atoms with E-state index in [0.29, 0.717) is 6.61 Å². The lowest BCUT2D eigenvalue weighted by Crippen LogP contribution is -2.25. The van der Waals surface area contributed by atoms with Gasteiger partial charge in [0.05, 0.1) is 5.76 Å². The average molecular weight is 274 g/mol. The van der Waals surface area contributed by atoms with Gasteiger partial charge in [0.25, 0.3) is 0 Å². The summed E-state index contributed by atoms with van der Waals surface area (Å²) < 4.78 is 11.9. The predicted octanol–water partition coefficient (Wildman–Crippen LogP) is 4.90. The van der Waals surface area contributed by atoms with Crippen LogP contribution in [0.5, 0.6) is 0 Å². The van der Waals surface area contributed by atoms with Crippen molar-refractivity contribution in [1.29, 1.82) is 0 Å². The number of allylic oxidation sites excluding steroid dienone is 1. The summed E-state index contributed by atoms with van der Waals surface area (Å²) >= 11 is 0. The van der Waals surface area contributed by atoms with Crippen molar-refractivity contribution in [2.24, 2.45) is 5.41 Å². The molecule has 0 heterocycles. The van der Waals surface area contributed by atoms with E-state index in [-0.39, 0.29) is 17.6 Å². The fraction of sp³-hybridized carbons (Fsp3) is 0.444. The summed E-state index contributed by atoms with van der Waals surface area (Å²) in [5, 5.41) is 0. The molecule has 0 amide bonds. The van der Waals surface area contributed by atoms with Gasteiger partial charge in [0, 0.05) is 12.0 Å². The molecule has 2 nitrogen and oxygen atoms in total. The third kappa shape index (κ3) is 4.53. The van der Waals surface area contributed by atoms with Gasteiger partial charge in [-0.05, 0) is 12.5 Å². The quantitative estimate of drug-likeness (QED) is 0.520. The Kier molecular flexibility index (Phi) is 6.03. The molecular weight excluding hydrogens is 248 g/mol. The number of rotatable bonds is 7. The van der Waals surface area contributed by atoms with Crippen molar-refractivity contribution in [3.8, 4) is 0 Å². The highest BCUT2D eigenvalue weighted by atomic mass is 16.5. The molecule has 0 saturated heterocycles. The van der Waals surface area contributed by atoms with Crippen LogP contribution in [0.15, 0.2) is 55.3 Å². The van der Waals surface area contributed by atoms with Crippen LogP contribution in [0.3, 0.4) is 0 Å². The zero-order valence-electron chi connectivity index (χ0n) is 13.1. The predicted molar refractivity (Wildman–Crippen MR) is 84.5 cm³/mol. The molecule has 20 heavy (non-hydrogen) atoms. The SMILES string of the molecule is C=CC(OCC)C(OC(=C)C(C)(C)C)c1ccccc1. The maximum absolute atomic E-state index is 6.12. The maximum atomic E-state index is 6.12. The Hall–Kier alpha value is -1.54. The van der Waals surface area contributed by atoms with Crippen molar-refractivity contribution >= 4 is 0 Å². The van der Waals surface area contributed by atoms with Gasteiger partial charge >= 0.3 is 0 Å². The molecule has 0 aliphatic carbocycles. The molecule has 1 aromatic carbocycles. The molecule has 0 saturated carbocycles. The first kappa shape index (κ1) is 16.5. The lowest BCUT2D eigenvalue weighted by atomic mass is 9.94. The summed E-state index contributed by atoms with van der Waals surface area (Å²) in [6, 6.07) is 10.1. The van der Waals surface area contributed by atoms with E-state index >= 15 is 0 Å². The number of ether oxygens (including phenoxy) is 2. The van der Waals surface area contributed by atoms with E-state index in [1.54, 1.807) is 6.08 Å². The van der Waals surface area contributed by atoms with E-state index < -0.39 is 0 Å². The van der Waals surface area contributed by atoms with Gasteiger partial charge in [-0.1, -0.05) is 63.8 Å². The van der Waals surface area contributed by atoms with Crippen LogP contribution in [-0.4, -0.2) is 12.7 Å². The van der Waals surface area contributed by atoms with Gasteiger partial charge in [-0.3, -0.25) is 0 Å². The Morgan fingerprint density at radius 1 is 1.25 bits per heavy atom. The molecule has 0 N–H and O–H groups in total. The van der Waals surface area contributed by atoms with E-state index in [4.69, 9.17) is 9.47 Å². The molecule has 2 unspecified atom stereocenters. The van der Waals surface area contributed by atoms with Crippen LogP contribution < -0.4 is 0 Å². The minimum absolute atomic E-state index is 0.106. The zero-order chi connectivity index (χ0) is 15.2. The Bertz CT molecular complexity index is 428. The minimum Gasteiger partial charge on any atom is -0.487 e. The molecule has 0 aliphatic rings. The molecule has 1 rings (SSSR count). The first-order valence-electron chi connectivity index (χ1n) is 7.05. The summed E-state index contributed by atoms with van der Waals surface area (Å²) in [7, 11) is 0. The number of hydrogen-bond donors (Lipinski definition) is 0. The van der Waals surface area contributed by atoms with E-state index in [2.05, 4.69) is 33.9 Å². The van der Waals surface area contributed by atoms with E-state index in [1.807, 2.05) is 37.3 Å². The van der Waals surface area contributed by atoms with Gasteiger partial charge in [0.1, 0.15) is 6.10 Å². The third-order valence-electron chi connectivity index (χ3n) is 3.12. The summed E-state index contributed by atoms with van der Waals surface area (Å²) in [5.41, 5.74) is 0.960. The molecule has 2 heteroatoms. The van der Waals surface area contributed by atoms with E-state index in [0.717, 1.165) is 11.3 Å². The van der Waals surface area contributed by atoms with E-state index in [1.165, 1.54) is 0 Å². The lowest BCUT2D eigenvalue weighted by molar-refractivity contribution is -0.0354. The Labute approximate surface area is 123 Å². The topological polar surface area (TPSA) is 18.5 Å². The standard InChI is InChI=1S/C18H26O2/c1-7-16(19-8-2)17(15-12-10-9-11-13-15)20-14(3)18(4,5)6/h7,9-13,16-17H,1,3,8H2,2,4-6H3. The first-order valence-corrected chi connectivity index (χ1v) is 7.05. The molecule has 2 atom stereocenters. The van der Waals surface area contributed by atoms with Crippen molar-refractivity contribution in [3.63, 3.8) is 0 Å². The molecule has 0 bridgehead atoms. The molecule has 1 aromatic rings. The molecule has 0 radical (unpaired) electrons. The van der Waals surface area contributed by atoms with Crippen molar-refractivity contribution in [1.82, 2.24) is 0 Å². The molecule has 0 aromatic heterocycles. The van der Waals surface area contributed by atoms with E-state index in [9.17, 15) is 0 Å². The third-order valence-corrected chi connectivity index (χ3v) is 3.12. The highest BCUT2D eigenvalue weighted by Crippen LogP contribution is 2.33. The first-order chi connectivity index (χ1) is 9.40. The Morgan fingerprint density at radius 2 is 1.85 bits per heavy atom. The molecule has 0 fully saturated rings. The second-order valence-electron chi connectivity index (χ2n) is 5.78. The minimum atomic E-state index is -0.222. The maximum Gasteiger partial charge on any atom is 0.153 e. The second-order valence-corrected chi connectivity index (χ2v) is 5.78. The molecule has 0 aliphatic heterocycles. The van der Waals surface area contributed by atoms with Crippen LogP contribution in [0.1, 0.15) is 39.4 Å². The fourth-order valence-corrected chi connectivity index (χ4v) is 1.77.